The Balaban J connectivity index is 2.08. The first-order chi connectivity index (χ1) is 9.60. The summed E-state index contributed by atoms with van der Waals surface area (Å²) in [7, 11) is 0. The number of carbonyl (C=O) groups excluding carboxylic acids is 1. The number of pyridine rings is 2. The third-order valence-electron chi connectivity index (χ3n) is 2.34. The van der Waals surface area contributed by atoms with Gasteiger partial charge >= 0.3 is 0 Å². The Morgan fingerprint density at radius 3 is 2.70 bits per heavy atom. The summed E-state index contributed by atoms with van der Waals surface area (Å²) in [5, 5.41) is 3.06. The Bertz CT molecular complexity index is 618. The van der Waals surface area contributed by atoms with Crippen LogP contribution in [0.4, 0.5) is 5.69 Å². The minimum absolute atomic E-state index is 0.158. The molecule has 104 valence electrons. The lowest BCUT2D eigenvalue weighted by molar-refractivity contribution is 0.102. The summed E-state index contributed by atoms with van der Waals surface area (Å²) < 4.78 is 5.21. The topological polar surface area (TPSA) is 64.1 Å². The smallest absolute Gasteiger partial charge is 0.257 e. The van der Waals surface area contributed by atoms with Crippen molar-refractivity contribution in [2.75, 3.05) is 11.9 Å². The van der Waals surface area contributed by atoms with Crippen LogP contribution in [0.2, 0.25) is 10.2 Å². The molecular weight excluding hydrogens is 301 g/mol. The van der Waals surface area contributed by atoms with Gasteiger partial charge in [-0.05, 0) is 19.1 Å². The standard InChI is InChI=1S/C13H11Cl2N3O2/c1-2-20-11-4-3-9(7-16-11)18-13(19)8-5-10(14)12(15)17-6-8/h3-7H,2H2,1H3,(H,18,19). The van der Waals surface area contributed by atoms with E-state index in [2.05, 4.69) is 15.3 Å². The monoisotopic (exact) mass is 311 g/mol. The maximum Gasteiger partial charge on any atom is 0.257 e. The van der Waals surface area contributed by atoms with Crippen molar-refractivity contribution < 1.29 is 9.53 Å². The summed E-state index contributed by atoms with van der Waals surface area (Å²) in [5.41, 5.74) is 0.859. The van der Waals surface area contributed by atoms with Crippen LogP contribution in [-0.4, -0.2) is 22.5 Å². The van der Waals surface area contributed by atoms with E-state index in [1.807, 2.05) is 6.92 Å². The SMILES string of the molecule is CCOc1ccc(NC(=O)c2cnc(Cl)c(Cl)c2)cn1. The fraction of sp³-hybridized carbons (Fsp3) is 0.154. The number of aromatic nitrogens is 2. The van der Waals surface area contributed by atoms with E-state index < -0.39 is 0 Å². The van der Waals surface area contributed by atoms with E-state index >= 15 is 0 Å². The molecule has 0 radical (unpaired) electrons. The van der Waals surface area contributed by atoms with Gasteiger partial charge in [0.1, 0.15) is 5.15 Å². The molecule has 2 heterocycles. The van der Waals surface area contributed by atoms with E-state index in [0.717, 1.165) is 0 Å². The molecule has 2 aromatic heterocycles. The highest BCUT2D eigenvalue weighted by Gasteiger charge is 2.09. The van der Waals surface area contributed by atoms with Crippen LogP contribution in [0.1, 0.15) is 17.3 Å². The largest absolute Gasteiger partial charge is 0.478 e. The predicted molar refractivity (Wildman–Crippen MR) is 77.6 cm³/mol. The first-order valence-electron chi connectivity index (χ1n) is 5.81. The number of carbonyl (C=O) groups is 1. The van der Waals surface area contributed by atoms with Gasteiger partial charge in [0, 0.05) is 12.3 Å². The molecule has 5 nitrogen and oxygen atoms in total. The molecule has 0 aliphatic rings. The van der Waals surface area contributed by atoms with Gasteiger partial charge in [0.2, 0.25) is 5.88 Å². The molecule has 0 saturated heterocycles. The van der Waals surface area contributed by atoms with Gasteiger partial charge in [-0.3, -0.25) is 4.79 Å². The van der Waals surface area contributed by atoms with Gasteiger partial charge in [0.25, 0.3) is 5.91 Å². The molecule has 7 heteroatoms. The summed E-state index contributed by atoms with van der Waals surface area (Å²) in [4.78, 5) is 19.8. The zero-order valence-electron chi connectivity index (χ0n) is 10.6. The lowest BCUT2D eigenvalue weighted by Crippen LogP contribution is -2.12. The fourth-order valence-corrected chi connectivity index (χ4v) is 1.71. The zero-order valence-corrected chi connectivity index (χ0v) is 12.1. The van der Waals surface area contributed by atoms with E-state index in [1.54, 1.807) is 12.1 Å². The van der Waals surface area contributed by atoms with Gasteiger partial charge in [0.15, 0.2) is 0 Å². The number of nitrogens with one attached hydrogen (secondary N) is 1. The highest BCUT2D eigenvalue weighted by Crippen LogP contribution is 2.20. The lowest BCUT2D eigenvalue weighted by Gasteiger charge is -2.06. The van der Waals surface area contributed by atoms with Crippen LogP contribution >= 0.6 is 23.2 Å². The number of hydrogen-bond acceptors (Lipinski definition) is 4. The molecule has 0 bridgehead atoms. The molecule has 1 N–H and O–H groups in total. The molecule has 20 heavy (non-hydrogen) atoms. The second-order valence-corrected chi connectivity index (χ2v) is 4.53. The summed E-state index contributed by atoms with van der Waals surface area (Å²) >= 11 is 11.5. The molecular formula is C13H11Cl2N3O2. The molecule has 0 atom stereocenters. The Morgan fingerprint density at radius 2 is 2.10 bits per heavy atom. The number of nitrogens with zero attached hydrogens (tertiary/aromatic N) is 2. The number of hydrogen-bond donors (Lipinski definition) is 1. The molecule has 0 unspecified atom stereocenters. The number of ether oxygens (including phenoxy) is 1. The summed E-state index contributed by atoms with van der Waals surface area (Å²) in [6.07, 6.45) is 2.86. The molecule has 0 fully saturated rings. The number of anilines is 1. The van der Waals surface area contributed by atoms with Crippen molar-refractivity contribution in [3.05, 3.63) is 46.3 Å². The second-order valence-electron chi connectivity index (χ2n) is 3.77. The quantitative estimate of drug-likeness (QED) is 0.879. The van der Waals surface area contributed by atoms with Crippen molar-refractivity contribution in [2.45, 2.75) is 6.92 Å². The van der Waals surface area contributed by atoms with Gasteiger partial charge in [-0.25, -0.2) is 9.97 Å². The van der Waals surface area contributed by atoms with E-state index in [4.69, 9.17) is 27.9 Å². The third-order valence-corrected chi connectivity index (χ3v) is 3.03. The molecule has 0 spiro atoms. The van der Waals surface area contributed by atoms with Gasteiger partial charge in [0.05, 0.1) is 29.1 Å². The first-order valence-corrected chi connectivity index (χ1v) is 6.57. The Hall–Kier alpha value is -1.85. The molecule has 0 saturated carbocycles. The summed E-state index contributed by atoms with van der Waals surface area (Å²) in [6, 6.07) is 4.82. The van der Waals surface area contributed by atoms with Crippen molar-refractivity contribution >= 4 is 34.8 Å². The van der Waals surface area contributed by atoms with Crippen molar-refractivity contribution in [3.8, 4) is 5.88 Å². The molecule has 1 amide bonds. The minimum atomic E-state index is -0.345. The molecule has 0 aliphatic carbocycles. The average molecular weight is 312 g/mol. The van der Waals surface area contributed by atoms with Gasteiger partial charge < -0.3 is 10.1 Å². The van der Waals surface area contributed by atoms with Crippen LogP contribution in [-0.2, 0) is 0 Å². The van der Waals surface area contributed by atoms with Crippen molar-refractivity contribution in [2.24, 2.45) is 0 Å². The number of halogens is 2. The molecule has 0 aliphatic heterocycles. The van der Waals surface area contributed by atoms with E-state index in [1.165, 1.54) is 18.5 Å². The number of rotatable bonds is 4. The van der Waals surface area contributed by atoms with Crippen LogP contribution in [0.5, 0.6) is 5.88 Å². The number of amides is 1. The summed E-state index contributed by atoms with van der Waals surface area (Å²) in [6.45, 7) is 2.41. The molecule has 0 aromatic carbocycles. The minimum Gasteiger partial charge on any atom is -0.478 e. The van der Waals surface area contributed by atoms with E-state index in [9.17, 15) is 4.79 Å². The van der Waals surface area contributed by atoms with Gasteiger partial charge in [-0.2, -0.15) is 0 Å². The van der Waals surface area contributed by atoms with Crippen LogP contribution in [0, 0.1) is 0 Å². The van der Waals surface area contributed by atoms with Crippen molar-refractivity contribution in [1.29, 1.82) is 0 Å². The van der Waals surface area contributed by atoms with Crippen LogP contribution in [0.25, 0.3) is 0 Å². The summed E-state index contributed by atoms with van der Waals surface area (Å²) in [5.74, 6) is 0.156. The fourth-order valence-electron chi connectivity index (χ4n) is 1.44. The van der Waals surface area contributed by atoms with Crippen LogP contribution < -0.4 is 10.1 Å². The van der Waals surface area contributed by atoms with Gasteiger partial charge in [-0.1, -0.05) is 23.2 Å². The van der Waals surface area contributed by atoms with E-state index in [0.29, 0.717) is 23.7 Å². The van der Waals surface area contributed by atoms with Crippen molar-refractivity contribution in [1.82, 2.24) is 9.97 Å². The highest BCUT2D eigenvalue weighted by atomic mass is 35.5. The third kappa shape index (κ3) is 3.59. The predicted octanol–water partition coefficient (Wildman–Crippen LogP) is 3.43. The van der Waals surface area contributed by atoms with Crippen LogP contribution in [0.15, 0.2) is 30.6 Å². The average Bonchev–Trinajstić information content (AvgIpc) is 2.44. The first kappa shape index (κ1) is 14.6. The zero-order chi connectivity index (χ0) is 14.5. The van der Waals surface area contributed by atoms with Gasteiger partial charge in [-0.15, -0.1) is 0 Å². The normalized spacial score (nSPS) is 10.2. The van der Waals surface area contributed by atoms with E-state index in [-0.39, 0.29) is 16.1 Å². The van der Waals surface area contributed by atoms with Crippen LogP contribution in [0.3, 0.4) is 0 Å². The molecule has 2 aromatic rings. The Morgan fingerprint density at radius 1 is 1.30 bits per heavy atom. The van der Waals surface area contributed by atoms with Crippen molar-refractivity contribution in [3.63, 3.8) is 0 Å². The Labute approximate surface area is 125 Å². The maximum absolute atomic E-state index is 12.0. The maximum atomic E-state index is 12.0. The Kier molecular flexibility index (Phi) is 4.76. The molecule has 2 rings (SSSR count). The lowest BCUT2D eigenvalue weighted by atomic mass is 10.2. The second kappa shape index (κ2) is 6.54. The highest BCUT2D eigenvalue weighted by molar-refractivity contribution is 6.41.